The highest BCUT2D eigenvalue weighted by Gasteiger charge is 2.08. The van der Waals surface area contributed by atoms with E-state index in [1.807, 2.05) is 13.0 Å². The molecule has 0 saturated carbocycles. The van der Waals surface area contributed by atoms with Gasteiger partial charge in [-0.05, 0) is 53.4 Å². The van der Waals surface area contributed by atoms with Gasteiger partial charge in [0.2, 0.25) is 5.91 Å². The third-order valence-corrected chi connectivity index (χ3v) is 4.08. The fourth-order valence-electron chi connectivity index (χ4n) is 2.34. The maximum atomic E-state index is 12.0. The molecule has 1 amide bonds. The number of carbonyl (C=O) groups excluding carboxylic acids is 1. The number of halogens is 1. The van der Waals surface area contributed by atoms with Crippen molar-refractivity contribution in [2.45, 2.75) is 65.7 Å². The second kappa shape index (κ2) is 9.17. The Morgan fingerprint density at radius 1 is 1.10 bits per heavy atom. The number of hydrogen-bond acceptors (Lipinski definition) is 1. The zero-order valence-electron chi connectivity index (χ0n) is 12.9. The van der Waals surface area contributed by atoms with Crippen LogP contribution in [0.4, 0.5) is 5.69 Å². The van der Waals surface area contributed by atoms with Crippen LogP contribution in [0.15, 0.2) is 16.6 Å². The maximum absolute atomic E-state index is 12.0. The summed E-state index contributed by atoms with van der Waals surface area (Å²) < 4.78 is 0.964. The molecular formula is C17H26BrNO. The minimum absolute atomic E-state index is 0.119. The van der Waals surface area contributed by atoms with Gasteiger partial charge in [-0.3, -0.25) is 4.79 Å². The van der Waals surface area contributed by atoms with E-state index in [-0.39, 0.29) is 5.91 Å². The third-order valence-electron chi connectivity index (χ3n) is 3.45. The van der Waals surface area contributed by atoms with Gasteiger partial charge in [0.25, 0.3) is 0 Å². The second-order valence-corrected chi connectivity index (χ2v) is 6.36. The van der Waals surface area contributed by atoms with Crippen LogP contribution in [0.3, 0.4) is 0 Å². The number of unbranched alkanes of at least 4 members (excludes halogenated alkanes) is 5. The molecular weight excluding hydrogens is 314 g/mol. The first-order chi connectivity index (χ1) is 9.54. The lowest BCUT2D eigenvalue weighted by molar-refractivity contribution is -0.116. The van der Waals surface area contributed by atoms with E-state index in [4.69, 9.17) is 0 Å². The van der Waals surface area contributed by atoms with Crippen molar-refractivity contribution in [3.8, 4) is 0 Å². The van der Waals surface area contributed by atoms with Crippen molar-refractivity contribution in [2.75, 3.05) is 5.32 Å². The SMILES string of the molecule is CCCCCCCCC(=O)Nc1c(C)cc(C)cc1Br. The van der Waals surface area contributed by atoms with Crippen LogP contribution < -0.4 is 5.32 Å². The molecule has 0 heterocycles. The minimum atomic E-state index is 0.119. The number of amides is 1. The summed E-state index contributed by atoms with van der Waals surface area (Å²) >= 11 is 3.52. The van der Waals surface area contributed by atoms with Crippen LogP contribution >= 0.6 is 15.9 Å². The average molecular weight is 340 g/mol. The van der Waals surface area contributed by atoms with Crippen molar-refractivity contribution in [1.82, 2.24) is 0 Å². The standard InChI is InChI=1S/C17H26BrNO/c1-4-5-6-7-8-9-10-16(20)19-17-14(3)11-13(2)12-15(17)18/h11-12H,4-10H2,1-3H3,(H,19,20). The van der Waals surface area contributed by atoms with E-state index < -0.39 is 0 Å². The third kappa shape index (κ3) is 6.08. The summed E-state index contributed by atoms with van der Waals surface area (Å²) in [5, 5.41) is 3.02. The Kier molecular flexibility index (Phi) is 7.90. The van der Waals surface area contributed by atoms with E-state index in [1.165, 1.54) is 31.2 Å². The molecule has 0 aliphatic carbocycles. The molecule has 0 bridgehead atoms. The van der Waals surface area contributed by atoms with E-state index in [1.54, 1.807) is 0 Å². The van der Waals surface area contributed by atoms with Gasteiger partial charge in [0.05, 0.1) is 5.69 Å². The fourth-order valence-corrected chi connectivity index (χ4v) is 3.11. The molecule has 112 valence electrons. The number of hydrogen-bond donors (Lipinski definition) is 1. The van der Waals surface area contributed by atoms with Crippen LogP contribution in [-0.4, -0.2) is 5.91 Å². The number of benzene rings is 1. The van der Waals surface area contributed by atoms with Crippen LogP contribution in [0.25, 0.3) is 0 Å². The summed E-state index contributed by atoms with van der Waals surface area (Å²) in [5.74, 6) is 0.119. The quantitative estimate of drug-likeness (QED) is 0.599. The maximum Gasteiger partial charge on any atom is 0.224 e. The molecule has 1 aromatic carbocycles. The molecule has 20 heavy (non-hydrogen) atoms. The molecule has 3 heteroatoms. The van der Waals surface area contributed by atoms with Gasteiger partial charge in [-0.2, -0.15) is 0 Å². The molecule has 0 aliphatic rings. The first-order valence-corrected chi connectivity index (χ1v) is 8.40. The highest BCUT2D eigenvalue weighted by atomic mass is 79.9. The van der Waals surface area contributed by atoms with Gasteiger partial charge < -0.3 is 5.32 Å². The summed E-state index contributed by atoms with van der Waals surface area (Å²) in [4.78, 5) is 12.0. The minimum Gasteiger partial charge on any atom is -0.325 e. The normalized spacial score (nSPS) is 10.6. The molecule has 0 saturated heterocycles. The van der Waals surface area contributed by atoms with Gasteiger partial charge in [-0.1, -0.05) is 45.1 Å². The van der Waals surface area contributed by atoms with E-state index in [2.05, 4.69) is 41.2 Å². The van der Waals surface area contributed by atoms with E-state index in [0.29, 0.717) is 6.42 Å². The summed E-state index contributed by atoms with van der Waals surface area (Å²) in [6.45, 7) is 6.30. The zero-order valence-corrected chi connectivity index (χ0v) is 14.5. The Balaban J connectivity index is 2.36. The van der Waals surface area contributed by atoms with E-state index >= 15 is 0 Å². The van der Waals surface area contributed by atoms with E-state index in [0.717, 1.165) is 28.6 Å². The Hall–Kier alpha value is -0.830. The number of nitrogens with one attached hydrogen (secondary N) is 1. The molecule has 0 aliphatic heterocycles. The number of carbonyl (C=O) groups is 1. The van der Waals surface area contributed by atoms with Crippen LogP contribution in [0, 0.1) is 13.8 Å². The molecule has 0 spiro atoms. The first kappa shape index (κ1) is 17.2. The fraction of sp³-hybridized carbons (Fsp3) is 0.588. The highest BCUT2D eigenvalue weighted by Crippen LogP contribution is 2.28. The predicted octanol–water partition coefficient (Wildman–Crippen LogP) is 5.76. The van der Waals surface area contributed by atoms with Crippen molar-refractivity contribution in [1.29, 1.82) is 0 Å². The van der Waals surface area contributed by atoms with Crippen molar-refractivity contribution in [3.63, 3.8) is 0 Å². The lowest BCUT2D eigenvalue weighted by Gasteiger charge is -2.11. The molecule has 0 fully saturated rings. The molecule has 1 aromatic rings. The number of rotatable bonds is 8. The second-order valence-electron chi connectivity index (χ2n) is 5.50. The van der Waals surface area contributed by atoms with Crippen LogP contribution in [0.1, 0.15) is 63.0 Å². The summed E-state index contributed by atoms with van der Waals surface area (Å²) in [7, 11) is 0. The molecule has 0 atom stereocenters. The Labute approximate surface area is 131 Å². The largest absolute Gasteiger partial charge is 0.325 e. The Morgan fingerprint density at radius 3 is 2.40 bits per heavy atom. The van der Waals surface area contributed by atoms with Crippen LogP contribution in [0.5, 0.6) is 0 Å². The smallest absolute Gasteiger partial charge is 0.224 e. The number of aryl methyl sites for hydroxylation is 2. The van der Waals surface area contributed by atoms with Gasteiger partial charge >= 0.3 is 0 Å². The van der Waals surface area contributed by atoms with Gasteiger partial charge in [0, 0.05) is 10.9 Å². The Morgan fingerprint density at radius 2 is 1.75 bits per heavy atom. The molecule has 1 N–H and O–H groups in total. The van der Waals surface area contributed by atoms with Crippen LogP contribution in [-0.2, 0) is 4.79 Å². The molecule has 2 nitrogen and oxygen atoms in total. The molecule has 1 rings (SSSR count). The molecule has 0 aromatic heterocycles. The van der Waals surface area contributed by atoms with Crippen molar-refractivity contribution in [2.24, 2.45) is 0 Å². The summed E-state index contributed by atoms with van der Waals surface area (Å²) in [5.41, 5.74) is 3.21. The number of anilines is 1. The van der Waals surface area contributed by atoms with E-state index in [9.17, 15) is 4.79 Å². The first-order valence-electron chi connectivity index (χ1n) is 7.61. The monoisotopic (exact) mass is 339 g/mol. The zero-order chi connectivity index (χ0) is 15.0. The van der Waals surface area contributed by atoms with Gasteiger partial charge in [-0.15, -0.1) is 0 Å². The van der Waals surface area contributed by atoms with Crippen molar-refractivity contribution in [3.05, 3.63) is 27.7 Å². The lowest BCUT2D eigenvalue weighted by atomic mass is 10.1. The highest BCUT2D eigenvalue weighted by molar-refractivity contribution is 9.10. The molecule has 0 unspecified atom stereocenters. The summed E-state index contributed by atoms with van der Waals surface area (Å²) in [6.07, 6.45) is 7.86. The van der Waals surface area contributed by atoms with Gasteiger partial charge in [-0.25, -0.2) is 0 Å². The lowest BCUT2D eigenvalue weighted by Crippen LogP contribution is -2.12. The van der Waals surface area contributed by atoms with Crippen LogP contribution in [0.2, 0.25) is 0 Å². The topological polar surface area (TPSA) is 29.1 Å². The van der Waals surface area contributed by atoms with Gasteiger partial charge in [0.1, 0.15) is 0 Å². The van der Waals surface area contributed by atoms with Crippen molar-refractivity contribution >= 4 is 27.5 Å². The molecule has 0 radical (unpaired) electrons. The summed E-state index contributed by atoms with van der Waals surface area (Å²) in [6, 6.07) is 4.12. The van der Waals surface area contributed by atoms with Crippen molar-refractivity contribution < 1.29 is 4.79 Å². The Bertz CT molecular complexity index is 420. The average Bonchev–Trinajstić information content (AvgIpc) is 2.38. The van der Waals surface area contributed by atoms with Gasteiger partial charge in [0.15, 0.2) is 0 Å². The predicted molar refractivity (Wildman–Crippen MR) is 90.2 cm³/mol.